The van der Waals surface area contributed by atoms with Gasteiger partial charge in [0, 0.05) is 19.3 Å². The summed E-state index contributed by atoms with van der Waals surface area (Å²) in [5.74, 6) is -0.948. The molecule has 0 aliphatic rings. The molecule has 0 amide bonds. The van der Waals surface area contributed by atoms with Crippen molar-refractivity contribution >= 4 is 17.9 Å². The number of carbonyl (C=O) groups is 3. The summed E-state index contributed by atoms with van der Waals surface area (Å²) in [6, 6.07) is 0. The zero-order valence-corrected chi connectivity index (χ0v) is 48.3. The Morgan fingerprint density at radius 2 is 0.480 bits per heavy atom. The first-order chi connectivity index (χ1) is 37.0. The van der Waals surface area contributed by atoms with Crippen LogP contribution in [0.15, 0.2) is 146 Å². The highest BCUT2D eigenvalue weighted by Crippen LogP contribution is 2.14. The Hall–Kier alpha value is -4.71. The molecule has 0 saturated carbocycles. The van der Waals surface area contributed by atoms with Gasteiger partial charge in [-0.05, 0) is 135 Å². The topological polar surface area (TPSA) is 78.9 Å². The van der Waals surface area contributed by atoms with E-state index in [9.17, 15) is 14.4 Å². The molecule has 75 heavy (non-hydrogen) atoms. The van der Waals surface area contributed by atoms with E-state index in [2.05, 4.69) is 167 Å². The lowest BCUT2D eigenvalue weighted by Gasteiger charge is -2.18. The summed E-state index contributed by atoms with van der Waals surface area (Å²) >= 11 is 0. The maximum absolute atomic E-state index is 12.9. The fourth-order valence-corrected chi connectivity index (χ4v) is 7.89. The minimum absolute atomic E-state index is 0.101. The van der Waals surface area contributed by atoms with Gasteiger partial charge in [-0.1, -0.05) is 244 Å². The number of hydrogen-bond donors (Lipinski definition) is 0. The van der Waals surface area contributed by atoms with Crippen molar-refractivity contribution in [2.45, 2.75) is 258 Å². The fourth-order valence-electron chi connectivity index (χ4n) is 7.89. The Morgan fingerprint density at radius 3 is 0.747 bits per heavy atom. The van der Waals surface area contributed by atoms with E-state index in [0.717, 1.165) is 161 Å². The number of ether oxygens (including phenoxy) is 3. The molecule has 0 fully saturated rings. The third-order valence-corrected chi connectivity index (χ3v) is 12.3. The Morgan fingerprint density at radius 1 is 0.267 bits per heavy atom. The second-order valence-corrected chi connectivity index (χ2v) is 19.5. The number of carbonyl (C=O) groups excluding carboxylic acids is 3. The summed E-state index contributed by atoms with van der Waals surface area (Å²) in [4.78, 5) is 38.3. The van der Waals surface area contributed by atoms with Crippen molar-refractivity contribution in [1.82, 2.24) is 0 Å². The lowest BCUT2D eigenvalue weighted by molar-refractivity contribution is -0.167. The second kappa shape index (κ2) is 61.8. The molecule has 0 radical (unpaired) electrons. The monoisotopic (exact) mass is 1030 g/mol. The lowest BCUT2D eigenvalue weighted by Crippen LogP contribution is -2.30. The molecule has 6 heteroatoms. The molecule has 0 aromatic heterocycles. The molecule has 0 aromatic rings. The van der Waals surface area contributed by atoms with Crippen molar-refractivity contribution in [1.29, 1.82) is 0 Å². The van der Waals surface area contributed by atoms with Gasteiger partial charge in [0.15, 0.2) is 6.10 Å². The maximum Gasteiger partial charge on any atom is 0.306 e. The smallest absolute Gasteiger partial charge is 0.306 e. The van der Waals surface area contributed by atoms with Crippen molar-refractivity contribution in [3.8, 4) is 0 Å². The minimum atomic E-state index is -0.806. The van der Waals surface area contributed by atoms with Gasteiger partial charge in [-0.15, -0.1) is 0 Å². The van der Waals surface area contributed by atoms with E-state index < -0.39 is 6.10 Å². The largest absolute Gasteiger partial charge is 0.462 e. The summed E-state index contributed by atoms with van der Waals surface area (Å²) in [6.07, 6.45) is 88.3. The highest BCUT2D eigenvalue weighted by Gasteiger charge is 2.19. The van der Waals surface area contributed by atoms with Gasteiger partial charge in [-0.2, -0.15) is 0 Å². The van der Waals surface area contributed by atoms with Gasteiger partial charge >= 0.3 is 17.9 Å². The summed E-state index contributed by atoms with van der Waals surface area (Å²) < 4.78 is 16.9. The Labute approximate surface area is 461 Å². The average molecular weight is 1040 g/mol. The van der Waals surface area contributed by atoms with Crippen LogP contribution in [-0.2, 0) is 28.6 Å². The molecule has 0 aliphatic heterocycles. The molecule has 0 bridgehead atoms. The molecular weight excluding hydrogens is 925 g/mol. The molecule has 1 unspecified atom stereocenters. The Balaban J connectivity index is 4.49. The zero-order valence-electron chi connectivity index (χ0n) is 48.3. The average Bonchev–Trinajstić information content (AvgIpc) is 3.41. The van der Waals surface area contributed by atoms with E-state index >= 15 is 0 Å². The molecule has 1 atom stereocenters. The van der Waals surface area contributed by atoms with Gasteiger partial charge in [0.2, 0.25) is 0 Å². The van der Waals surface area contributed by atoms with Gasteiger partial charge in [0.05, 0.1) is 0 Å². The molecule has 0 aliphatic carbocycles. The van der Waals surface area contributed by atoms with Gasteiger partial charge in [-0.25, -0.2) is 0 Å². The van der Waals surface area contributed by atoms with Crippen LogP contribution in [0, 0.1) is 0 Å². The third-order valence-electron chi connectivity index (χ3n) is 12.3. The highest BCUT2D eigenvalue weighted by atomic mass is 16.6. The first kappa shape index (κ1) is 70.3. The molecular formula is C69H110O6. The van der Waals surface area contributed by atoms with Crippen LogP contribution in [0.2, 0.25) is 0 Å². The van der Waals surface area contributed by atoms with Crippen molar-refractivity contribution in [2.24, 2.45) is 0 Å². The fraction of sp³-hybridized carbons (Fsp3) is 0.609. The molecule has 0 saturated heterocycles. The Kier molecular flexibility index (Phi) is 58.0. The highest BCUT2D eigenvalue weighted by molar-refractivity contribution is 5.71. The zero-order chi connectivity index (χ0) is 54.3. The molecule has 6 nitrogen and oxygen atoms in total. The van der Waals surface area contributed by atoms with E-state index in [1.807, 2.05) is 0 Å². The van der Waals surface area contributed by atoms with E-state index in [1.54, 1.807) is 0 Å². The van der Waals surface area contributed by atoms with Crippen LogP contribution in [0.4, 0.5) is 0 Å². The van der Waals surface area contributed by atoms with Crippen molar-refractivity contribution in [3.05, 3.63) is 146 Å². The van der Waals surface area contributed by atoms with E-state index in [1.165, 1.54) is 51.4 Å². The van der Waals surface area contributed by atoms with Gasteiger partial charge in [-0.3, -0.25) is 14.4 Å². The molecule has 0 N–H and O–H groups in total. The first-order valence-corrected chi connectivity index (χ1v) is 30.3. The van der Waals surface area contributed by atoms with Crippen molar-refractivity contribution in [2.75, 3.05) is 13.2 Å². The predicted octanol–water partition coefficient (Wildman–Crippen LogP) is 20.8. The summed E-state index contributed by atoms with van der Waals surface area (Å²) in [6.45, 7) is 6.27. The number of hydrogen-bond acceptors (Lipinski definition) is 6. The molecule has 0 spiro atoms. The maximum atomic E-state index is 12.9. The number of esters is 3. The van der Waals surface area contributed by atoms with E-state index in [4.69, 9.17) is 14.2 Å². The van der Waals surface area contributed by atoms with Crippen LogP contribution < -0.4 is 0 Å². The van der Waals surface area contributed by atoms with Crippen LogP contribution in [0.5, 0.6) is 0 Å². The predicted molar refractivity (Wildman–Crippen MR) is 325 cm³/mol. The van der Waals surface area contributed by atoms with Crippen LogP contribution in [0.1, 0.15) is 252 Å². The SMILES string of the molecule is CC/C=C\C/C=C\C/C=C\C/C=C\C/C=C\C/C=C\CCCCCCC(=O)OCC(COC(=O)CCCCCCCCC/C=C\C/C=C\C/C=C\CC)OC(=O)CCCCCCCCC/C=C\C/C=C\C/C=C\CC. The normalized spacial score (nSPS) is 13.2. The van der Waals surface area contributed by atoms with Crippen LogP contribution in [0.25, 0.3) is 0 Å². The van der Waals surface area contributed by atoms with E-state index in [0.29, 0.717) is 19.3 Å². The van der Waals surface area contributed by atoms with Crippen LogP contribution in [-0.4, -0.2) is 37.2 Å². The third kappa shape index (κ3) is 60.0. The standard InChI is InChI=1S/C69H110O6/c1-4-7-10-13-16-19-22-25-28-31-32-33-34-35-36-39-41-44-47-50-53-56-59-62-68(71)74-65-66(75-69(72)63-60-57-54-51-48-45-42-38-30-27-24-21-18-15-12-9-6-3)64-73-67(70)61-58-55-52-49-46-43-40-37-29-26-23-20-17-14-11-8-5-2/h7-12,16-21,25-30,32-33,35-36,41,44,66H,4-6,13-15,22-24,31,34,37-40,42-43,45-65H2,1-3H3/b10-7-,11-8-,12-9-,19-16-,20-17-,21-18-,28-25-,29-26-,30-27-,33-32-,36-35-,44-41-. The number of rotatable bonds is 53. The number of unbranched alkanes of at least 4 members (excludes halogenated alkanes) is 18. The van der Waals surface area contributed by atoms with Gasteiger partial charge < -0.3 is 14.2 Å². The van der Waals surface area contributed by atoms with Crippen LogP contribution >= 0.6 is 0 Å². The summed E-state index contributed by atoms with van der Waals surface area (Å²) in [5.41, 5.74) is 0. The lowest BCUT2D eigenvalue weighted by atomic mass is 10.1. The second-order valence-electron chi connectivity index (χ2n) is 19.5. The van der Waals surface area contributed by atoms with Crippen LogP contribution in [0.3, 0.4) is 0 Å². The minimum Gasteiger partial charge on any atom is -0.462 e. The molecule has 0 heterocycles. The summed E-state index contributed by atoms with van der Waals surface area (Å²) in [7, 11) is 0. The van der Waals surface area contributed by atoms with E-state index in [-0.39, 0.29) is 31.1 Å². The van der Waals surface area contributed by atoms with Gasteiger partial charge in [0.25, 0.3) is 0 Å². The quantitative estimate of drug-likeness (QED) is 0.0261. The number of allylic oxidation sites excluding steroid dienone is 24. The molecule has 0 aromatic carbocycles. The Bertz CT molecular complexity index is 1660. The summed E-state index contributed by atoms with van der Waals surface area (Å²) in [5, 5.41) is 0. The van der Waals surface area contributed by atoms with Gasteiger partial charge in [0.1, 0.15) is 13.2 Å². The van der Waals surface area contributed by atoms with Crippen molar-refractivity contribution in [3.63, 3.8) is 0 Å². The molecule has 422 valence electrons. The van der Waals surface area contributed by atoms with Crippen molar-refractivity contribution < 1.29 is 28.6 Å². The first-order valence-electron chi connectivity index (χ1n) is 30.3. The molecule has 0 rings (SSSR count).